The van der Waals surface area contributed by atoms with Crippen LogP contribution in [0.4, 0.5) is 0 Å². The zero-order valence-corrected chi connectivity index (χ0v) is 21.7. The summed E-state index contributed by atoms with van der Waals surface area (Å²) < 4.78 is 11.6. The summed E-state index contributed by atoms with van der Waals surface area (Å²) in [6.07, 6.45) is 3.43. The molecule has 0 aromatic heterocycles. The molecule has 186 valence electrons. The zero-order valence-electron chi connectivity index (χ0n) is 20.9. The number of carbonyl (C=O) groups is 2. The molecule has 0 radical (unpaired) electrons. The Balaban J connectivity index is 1.76. The van der Waals surface area contributed by atoms with Gasteiger partial charge in [-0.05, 0) is 95.3 Å². The maximum Gasteiger partial charge on any atom is 0.255 e. The Hall–Kier alpha value is -2.73. The standard InChI is InChI=1S/C27H37ClN2O4/c1-6-20-16-21(10-12-23(20)26(29)31)33-14-8-7-9-15-34-22-11-13-24(25(28)17-22)27(32)30(18(2)3)19(4)5/h10-13,16-19H,6-9,14-15H2,1-5H3,(H2,29,31). The summed E-state index contributed by atoms with van der Waals surface area (Å²) in [4.78, 5) is 26.1. The number of ether oxygens (including phenoxy) is 2. The molecule has 0 aliphatic rings. The molecule has 2 aromatic rings. The third-order valence-corrected chi connectivity index (χ3v) is 5.88. The average Bonchev–Trinajstić information content (AvgIpc) is 2.77. The van der Waals surface area contributed by atoms with Crippen LogP contribution in [0.1, 0.15) is 80.2 Å². The number of nitrogens with two attached hydrogens (primary N) is 1. The van der Waals surface area contributed by atoms with Gasteiger partial charge >= 0.3 is 0 Å². The molecule has 0 spiro atoms. The highest BCUT2D eigenvalue weighted by Crippen LogP contribution is 2.25. The van der Waals surface area contributed by atoms with Crippen LogP contribution in [0.15, 0.2) is 36.4 Å². The number of primary amides is 1. The van der Waals surface area contributed by atoms with E-state index in [9.17, 15) is 9.59 Å². The monoisotopic (exact) mass is 488 g/mol. The molecule has 0 aliphatic heterocycles. The van der Waals surface area contributed by atoms with Crippen molar-refractivity contribution in [3.8, 4) is 11.5 Å². The van der Waals surface area contributed by atoms with Crippen molar-refractivity contribution in [1.29, 1.82) is 0 Å². The van der Waals surface area contributed by atoms with Crippen LogP contribution in [0.2, 0.25) is 5.02 Å². The lowest BCUT2D eigenvalue weighted by molar-refractivity contribution is 0.0643. The van der Waals surface area contributed by atoms with Crippen LogP contribution in [0.5, 0.6) is 11.5 Å². The van der Waals surface area contributed by atoms with Crippen LogP contribution in [-0.2, 0) is 6.42 Å². The van der Waals surface area contributed by atoms with Crippen molar-refractivity contribution < 1.29 is 19.1 Å². The van der Waals surface area contributed by atoms with Gasteiger partial charge in [0.05, 0.1) is 23.8 Å². The van der Waals surface area contributed by atoms with Gasteiger partial charge in [-0.3, -0.25) is 9.59 Å². The van der Waals surface area contributed by atoms with Gasteiger partial charge in [0.15, 0.2) is 0 Å². The first-order valence-corrected chi connectivity index (χ1v) is 12.3. The van der Waals surface area contributed by atoms with Crippen molar-refractivity contribution >= 4 is 23.4 Å². The van der Waals surface area contributed by atoms with Crippen molar-refractivity contribution in [3.63, 3.8) is 0 Å². The van der Waals surface area contributed by atoms with Gasteiger partial charge in [-0.2, -0.15) is 0 Å². The van der Waals surface area contributed by atoms with Crippen molar-refractivity contribution in [3.05, 3.63) is 58.1 Å². The molecule has 2 aromatic carbocycles. The summed E-state index contributed by atoms with van der Waals surface area (Å²) in [5.41, 5.74) is 7.32. The van der Waals surface area contributed by atoms with E-state index >= 15 is 0 Å². The van der Waals surface area contributed by atoms with Gasteiger partial charge in [-0.1, -0.05) is 18.5 Å². The van der Waals surface area contributed by atoms with Crippen molar-refractivity contribution in [2.24, 2.45) is 5.73 Å². The molecule has 0 atom stereocenters. The molecule has 0 heterocycles. The van der Waals surface area contributed by atoms with Gasteiger partial charge < -0.3 is 20.1 Å². The van der Waals surface area contributed by atoms with Crippen LogP contribution in [0, 0.1) is 0 Å². The topological polar surface area (TPSA) is 81.9 Å². The van der Waals surface area contributed by atoms with Gasteiger partial charge in [-0.25, -0.2) is 0 Å². The Kier molecular flexibility index (Phi) is 10.7. The minimum absolute atomic E-state index is 0.0723. The first-order valence-electron chi connectivity index (χ1n) is 12.0. The summed E-state index contributed by atoms with van der Waals surface area (Å²) in [6, 6.07) is 10.8. The van der Waals surface area contributed by atoms with Crippen molar-refractivity contribution in [2.75, 3.05) is 13.2 Å². The highest BCUT2D eigenvalue weighted by atomic mass is 35.5. The maximum atomic E-state index is 12.9. The SMILES string of the molecule is CCc1cc(OCCCCCOc2ccc(C(=O)N(C(C)C)C(C)C)c(Cl)c2)ccc1C(N)=O. The van der Waals surface area contributed by atoms with E-state index in [2.05, 4.69) is 0 Å². The summed E-state index contributed by atoms with van der Waals surface area (Å²) >= 11 is 6.40. The fraction of sp³-hybridized carbons (Fsp3) is 0.481. The normalized spacial score (nSPS) is 11.1. The molecular formula is C27H37ClN2O4. The lowest BCUT2D eigenvalue weighted by atomic mass is 10.0. The molecule has 34 heavy (non-hydrogen) atoms. The number of unbranched alkanes of at least 4 members (excludes halogenated alkanes) is 2. The molecule has 2 amide bonds. The first kappa shape index (κ1) is 27.5. The minimum atomic E-state index is -0.418. The van der Waals surface area contributed by atoms with Crippen molar-refractivity contribution in [2.45, 2.75) is 72.4 Å². The molecule has 0 saturated carbocycles. The smallest absolute Gasteiger partial charge is 0.255 e. The summed E-state index contributed by atoms with van der Waals surface area (Å²) in [5.74, 6) is 0.909. The fourth-order valence-electron chi connectivity index (χ4n) is 3.92. The molecule has 0 aliphatic carbocycles. The lowest BCUT2D eigenvalue weighted by Crippen LogP contribution is -2.42. The van der Waals surface area contributed by atoms with E-state index in [-0.39, 0.29) is 18.0 Å². The Bertz CT molecular complexity index is 967. The van der Waals surface area contributed by atoms with E-state index in [1.165, 1.54) is 0 Å². The number of halogens is 1. The Morgan fingerprint density at radius 2 is 1.41 bits per heavy atom. The molecule has 0 saturated heterocycles. The van der Waals surface area contributed by atoms with E-state index in [4.69, 9.17) is 26.8 Å². The highest BCUT2D eigenvalue weighted by Gasteiger charge is 2.23. The van der Waals surface area contributed by atoms with Crippen molar-refractivity contribution in [1.82, 2.24) is 4.90 Å². The number of hydrogen-bond donors (Lipinski definition) is 1. The van der Waals surface area contributed by atoms with Gasteiger partial charge in [0.2, 0.25) is 5.91 Å². The van der Waals surface area contributed by atoms with Gasteiger partial charge in [0, 0.05) is 17.6 Å². The molecule has 0 bridgehead atoms. The van der Waals surface area contributed by atoms with Crippen LogP contribution < -0.4 is 15.2 Å². The highest BCUT2D eigenvalue weighted by molar-refractivity contribution is 6.34. The van der Waals surface area contributed by atoms with Gasteiger partial charge in [0.1, 0.15) is 11.5 Å². The third kappa shape index (κ3) is 7.66. The summed E-state index contributed by atoms with van der Waals surface area (Å²) in [6.45, 7) is 11.1. The third-order valence-electron chi connectivity index (χ3n) is 5.57. The molecule has 7 heteroatoms. The molecule has 0 unspecified atom stereocenters. The zero-order chi connectivity index (χ0) is 25.3. The number of carbonyl (C=O) groups excluding carboxylic acids is 2. The summed E-state index contributed by atoms with van der Waals surface area (Å²) in [5, 5.41) is 0.399. The number of nitrogens with zero attached hydrogens (tertiary/aromatic N) is 1. The number of aryl methyl sites for hydroxylation is 1. The fourth-order valence-corrected chi connectivity index (χ4v) is 4.17. The van der Waals surface area contributed by atoms with E-state index in [0.29, 0.717) is 35.1 Å². The van der Waals surface area contributed by atoms with Crippen LogP contribution in [-0.4, -0.2) is 42.0 Å². The first-order chi connectivity index (χ1) is 16.1. The number of hydrogen-bond acceptors (Lipinski definition) is 4. The van der Waals surface area contributed by atoms with Gasteiger partial charge in [-0.15, -0.1) is 0 Å². The summed E-state index contributed by atoms with van der Waals surface area (Å²) in [7, 11) is 0. The molecule has 2 rings (SSSR count). The second-order valence-electron chi connectivity index (χ2n) is 8.84. The Labute approximate surface area is 208 Å². The van der Waals surface area contributed by atoms with Crippen LogP contribution in [0.25, 0.3) is 0 Å². The van der Waals surface area contributed by atoms with E-state index in [1.807, 2.05) is 45.6 Å². The van der Waals surface area contributed by atoms with E-state index < -0.39 is 5.91 Å². The van der Waals surface area contributed by atoms with Crippen LogP contribution in [0.3, 0.4) is 0 Å². The number of benzene rings is 2. The number of amides is 2. The number of rotatable bonds is 13. The molecule has 6 nitrogen and oxygen atoms in total. The predicted octanol–water partition coefficient (Wildman–Crippen LogP) is 5.89. The molecule has 0 fully saturated rings. The van der Waals surface area contributed by atoms with Gasteiger partial charge in [0.25, 0.3) is 5.91 Å². The van der Waals surface area contributed by atoms with Crippen LogP contribution >= 0.6 is 11.6 Å². The minimum Gasteiger partial charge on any atom is -0.494 e. The Morgan fingerprint density at radius 3 is 1.88 bits per heavy atom. The maximum absolute atomic E-state index is 12.9. The largest absolute Gasteiger partial charge is 0.494 e. The quantitative estimate of drug-likeness (QED) is 0.356. The Morgan fingerprint density at radius 1 is 0.882 bits per heavy atom. The lowest BCUT2D eigenvalue weighted by Gasteiger charge is -2.31. The second kappa shape index (κ2) is 13.2. The molecular weight excluding hydrogens is 452 g/mol. The predicted molar refractivity (Wildman–Crippen MR) is 137 cm³/mol. The average molecular weight is 489 g/mol. The van der Waals surface area contributed by atoms with E-state index in [0.717, 1.165) is 37.0 Å². The molecule has 2 N–H and O–H groups in total. The second-order valence-corrected chi connectivity index (χ2v) is 9.24. The van der Waals surface area contributed by atoms with E-state index in [1.54, 1.807) is 30.3 Å².